The maximum absolute atomic E-state index is 12.1. The van der Waals surface area contributed by atoms with Gasteiger partial charge in [0, 0.05) is 5.38 Å². The van der Waals surface area contributed by atoms with Gasteiger partial charge in [-0.2, -0.15) is 0 Å². The van der Waals surface area contributed by atoms with Crippen LogP contribution in [0.1, 0.15) is 49.7 Å². The second kappa shape index (κ2) is 6.56. The van der Waals surface area contributed by atoms with Crippen LogP contribution >= 0.6 is 11.3 Å². The number of hydrogen-bond donors (Lipinski definition) is 2. The first kappa shape index (κ1) is 15.9. The van der Waals surface area contributed by atoms with Gasteiger partial charge in [0.1, 0.15) is 5.54 Å². The van der Waals surface area contributed by atoms with Crippen molar-refractivity contribution in [3.05, 3.63) is 16.1 Å². The lowest BCUT2D eigenvalue weighted by Gasteiger charge is -2.37. The Hall–Kier alpha value is -1.43. The molecule has 2 rings (SSSR count). The number of carboxylic acid groups (broad SMARTS) is 1. The zero-order valence-corrected chi connectivity index (χ0v) is 13.3. The number of amides is 1. The van der Waals surface area contributed by atoms with Crippen LogP contribution in [0.2, 0.25) is 0 Å². The van der Waals surface area contributed by atoms with E-state index in [1.54, 1.807) is 0 Å². The Morgan fingerprint density at radius 3 is 2.62 bits per heavy atom. The highest BCUT2D eigenvalue weighted by molar-refractivity contribution is 7.09. The maximum Gasteiger partial charge on any atom is 0.329 e. The van der Waals surface area contributed by atoms with Gasteiger partial charge >= 0.3 is 5.97 Å². The Bertz CT molecular complexity index is 519. The van der Waals surface area contributed by atoms with Crippen LogP contribution in [0.5, 0.6) is 0 Å². The van der Waals surface area contributed by atoms with E-state index in [1.807, 2.05) is 12.3 Å². The van der Waals surface area contributed by atoms with Crippen molar-refractivity contribution in [1.82, 2.24) is 10.3 Å². The van der Waals surface area contributed by atoms with Gasteiger partial charge in [0.15, 0.2) is 0 Å². The fourth-order valence-electron chi connectivity index (χ4n) is 2.94. The molecule has 2 N–H and O–H groups in total. The van der Waals surface area contributed by atoms with Crippen molar-refractivity contribution in [3.8, 4) is 0 Å². The summed E-state index contributed by atoms with van der Waals surface area (Å²) in [6, 6.07) is 0. The largest absolute Gasteiger partial charge is 0.480 e. The lowest BCUT2D eigenvalue weighted by molar-refractivity contribution is -0.149. The molecule has 1 aliphatic rings. The molecule has 1 aliphatic carbocycles. The SMILES string of the molecule is CCC1CCC(NC(=O)Cc2csc(C)n2)(C(=O)O)CC1. The summed E-state index contributed by atoms with van der Waals surface area (Å²) in [6.45, 7) is 4.01. The first-order valence-corrected chi connectivity index (χ1v) is 8.28. The Labute approximate surface area is 128 Å². The molecule has 1 fully saturated rings. The molecule has 6 heteroatoms. The Morgan fingerprint density at radius 2 is 2.14 bits per heavy atom. The van der Waals surface area contributed by atoms with Gasteiger partial charge in [0.25, 0.3) is 0 Å². The summed E-state index contributed by atoms with van der Waals surface area (Å²) in [5.74, 6) is -0.590. The van der Waals surface area contributed by atoms with Crippen molar-refractivity contribution in [2.24, 2.45) is 5.92 Å². The lowest BCUT2D eigenvalue weighted by Crippen LogP contribution is -2.56. The van der Waals surface area contributed by atoms with Gasteiger partial charge in [-0.3, -0.25) is 4.79 Å². The zero-order valence-electron chi connectivity index (χ0n) is 12.5. The molecule has 0 aliphatic heterocycles. The molecule has 5 nitrogen and oxygen atoms in total. The van der Waals surface area contributed by atoms with Crippen LogP contribution in [-0.2, 0) is 16.0 Å². The van der Waals surface area contributed by atoms with E-state index in [0.29, 0.717) is 24.5 Å². The highest BCUT2D eigenvalue weighted by atomic mass is 32.1. The number of hydrogen-bond acceptors (Lipinski definition) is 4. The lowest BCUT2D eigenvalue weighted by atomic mass is 9.75. The molecular formula is C15H22N2O3S. The number of carbonyl (C=O) groups excluding carboxylic acids is 1. The minimum absolute atomic E-state index is 0.149. The van der Waals surface area contributed by atoms with E-state index < -0.39 is 11.5 Å². The van der Waals surface area contributed by atoms with E-state index in [2.05, 4.69) is 17.2 Å². The summed E-state index contributed by atoms with van der Waals surface area (Å²) in [6.07, 6.45) is 3.97. The normalized spacial score (nSPS) is 25.5. The van der Waals surface area contributed by atoms with Crippen LogP contribution in [0, 0.1) is 12.8 Å². The number of aromatic nitrogens is 1. The second-order valence-corrected chi connectivity index (χ2v) is 6.88. The Balaban J connectivity index is 2.00. The van der Waals surface area contributed by atoms with Crippen LogP contribution in [0.3, 0.4) is 0 Å². The quantitative estimate of drug-likeness (QED) is 0.876. The summed E-state index contributed by atoms with van der Waals surface area (Å²) < 4.78 is 0. The standard InChI is InChI=1S/C15H22N2O3S/c1-3-11-4-6-15(7-5-11,14(19)20)17-13(18)8-12-9-21-10(2)16-12/h9,11H,3-8H2,1-2H3,(H,17,18)(H,19,20). The molecule has 0 atom stereocenters. The molecule has 0 saturated heterocycles. The van der Waals surface area contributed by atoms with Crippen LogP contribution in [0.25, 0.3) is 0 Å². The molecule has 1 aromatic rings. The summed E-state index contributed by atoms with van der Waals surface area (Å²) in [5.41, 5.74) is -0.383. The van der Waals surface area contributed by atoms with E-state index in [9.17, 15) is 14.7 Å². The number of rotatable bonds is 5. The molecule has 1 aromatic heterocycles. The molecule has 1 saturated carbocycles. The third kappa shape index (κ3) is 3.81. The van der Waals surface area contributed by atoms with Crippen LogP contribution in [0.4, 0.5) is 0 Å². The van der Waals surface area contributed by atoms with Crippen molar-refractivity contribution < 1.29 is 14.7 Å². The molecule has 1 amide bonds. The van der Waals surface area contributed by atoms with Crippen LogP contribution in [-0.4, -0.2) is 27.5 Å². The molecule has 116 valence electrons. The molecule has 0 unspecified atom stereocenters. The van der Waals surface area contributed by atoms with E-state index in [-0.39, 0.29) is 12.3 Å². The third-order valence-electron chi connectivity index (χ3n) is 4.33. The predicted octanol–water partition coefficient (Wildman–Crippen LogP) is 2.53. The minimum Gasteiger partial charge on any atom is -0.480 e. The van der Waals surface area contributed by atoms with E-state index in [4.69, 9.17) is 0 Å². The molecule has 21 heavy (non-hydrogen) atoms. The fourth-order valence-corrected chi connectivity index (χ4v) is 3.55. The number of thiazole rings is 1. The van der Waals surface area contributed by atoms with Crippen molar-refractivity contribution in [2.45, 2.75) is 57.9 Å². The van der Waals surface area contributed by atoms with Crippen molar-refractivity contribution in [1.29, 1.82) is 0 Å². The summed E-state index contributed by atoms with van der Waals surface area (Å²) in [7, 11) is 0. The van der Waals surface area contributed by atoms with Gasteiger partial charge in [-0.25, -0.2) is 9.78 Å². The van der Waals surface area contributed by atoms with E-state index in [1.165, 1.54) is 11.3 Å². The summed E-state index contributed by atoms with van der Waals surface area (Å²) in [4.78, 5) is 28.0. The van der Waals surface area contributed by atoms with Crippen molar-refractivity contribution in [2.75, 3.05) is 0 Å². The molecule has 1 heterocycles. The maximum atomic E-state index is 12.1. The van der Waals surface area contributed by atoms with Crippen molar-refractivity contribution >= 4 is 23.2 Å². The highest BCUT2D eigenvalue weighted by Gasteiger charge is 2.42. The molecule has 0 radical (unpaired) electrons. The van der Waals surface area contributed by atoms with Crippen molar-refractivity contribution in [3.63, 3.8) is 0 Å². The topological polar surface area (TPSA) is 79.3 Å². The Morgan fingerprint density at radius 1 is 1.48 bits per heavy atom. The smallest absolute Gasteiger partial charge is 0.329 e. The van der Waals surface area contributed by atoms with Gasteiger partial charge < -0.3 is 10.4 Å². The average Bonchev–Trinajstić information content (AvgIpc) is 2.84. The molecule has 0 bridgehead atoms. The van der Waals surface area contributed by atoms with Gasteiger partial charge in [-0.05, 0) is 38.5 Å². The summed E-state index contributed by atoms with van der Waals surface area (Å²) >= 11 is 1.49. The highest BCUT2D eigenvalue weighted by Crippen LogP contribution is 2.34. The number of nitrogens with one attached hydrogen (secondary N) is 1. The first-order valence-electron chi connectivity index (χ1n) is 7.40. The number of nitrogens with zero attached hydrogens (tertiary/aromatic N) is 1. The number of carbonyl (C=O) groups is 2. The number of aryl methyl sites for hydroxylation is 1. The molecule has 0 spiro atoms. The van der Waals surface area contributed by atoms with E-state index in [0.717, 1.165) is 24.3 Å². The number of aliphatic carboxylic acids is 1. The predicted molar refractivity (Wildman–Crippen MR) is 81.3 cm³/mol. The monoisotopic (exact) mass is 310 g/mol. The first-order chi connectivity index (χ1) is 9.95. The minimum atomic E-state index is -1.09. The fraction of sp³-hybridized carbons (Fsp3) is 0.667. The van der Waals surface area contributed by atoms with Gasteiger partial charge in [-0.1, -0.05) is 13.3 Å². The summed E-state index contributed by atoms with van der Waals surface area (Å²) in [5, 5.41) is 15.1. The van der Waals surface area contributed by atoms with Crippen LogP contribution in [0.15, 0.2) is 5.38 Å². The molecule has 0 aromatic carbocycles. The van der Waals surface area contributed by atoms with Crippen LogP contribution < -0.4 is 5.32 Å². The average molecular weight is 310 g/mol. The van der Waals surface area contributed by atoms with Gasteiger partial charge in [0.05, 0.1) is 17.1 Å². The zero-order chi connectivity index (χ0) is 15.5. The molecular weight excluding hydrogens is 288 g/mol. The van der Waals surface area contributed by atoms with E-state index >= 15 is 0 Å². The third-order valence-corrected chi connectivity index (χ3v) is 5.15. The van der Waals surface area contributed by atoms with Gasteiger partial charge in [0.2, 0.25) is 5.91 Å². The van der Waals surface area contributed by atoms with Gasteiger partial charge in [-0.15, -0.1) is 11.3 Å². The number of carboxylic acids is 1. The second-order valence-electron chi connectivity index (χ2n) is 5.82. The Kier molecular flexibility index (Phi) is 4.98.